The molecule has 2 aliphatic heterocycles. The molecule has 274 valence electrons. The van der Waals surface area contributed by atoms with Gasteiger partial charge in [-0.2, -0.15) is 5.26 Å². The number of nitriles is 1. The summed E-state index contributed by atoms with van der Waals surface area (Å²) in [6, 6.07) is 22.1. The molecule has 4 aromatic carbocycles. The number of likely N-dealkylation sites (tertiary alicyclic amines) is 2. The van der Waals surface area contributed by atoms with E-state index in [0.29, 0.717) is 65.4 Å². The van der Waals surface area contributed by atoms with Gasteiger partial charge in [0.25, 0.3) is 5.91 Å². The Kier molecular flexibility index (Phi) is 10.5. The molecule has 2 aliphatic rings. The van der Waals surface area contributed by atoms with Gasteiger partial charge in [0, 0.05) is 48.3 Å². The number of carbonyl (C=O) groups is 3. The molecular weight excluding hydrogens is 686 g/mol. The average molecular weight is 725 g/mol. The van der Waals surface area contributed by atoms with Gasteiger partial charge in [0.2, 0.25) is 0 Å². The van der Waals surface area contributed by atoms with E-state index in [1.54, 1.807) is 80.3 Å². The van der Waals surface area contributed by atoms with Crippen LogP contribution in [0.25, 0.3) is 22.3 Å². The van der Waals surface area contributed by atoms with Crippen LogP contribution < -0.4 is 14.8 Å². The van der Waals surface area contributed by atoms with Crippen molar-refractivity contribution in [1.29, 1.82) is 5.26 Å². The lowest BCUT2D eigenvalue weighted by atomic mass is 10.00. The van der Waals surface area contributed by atoms with Crippen molar-refractivity contribution in [3.8, 4) is 39.8 Å². The Morgan fingerprint density at radius 2 is 1.45 bits per heavy atom. The van der Waals surface area contributed by atoms with Crippen molar-refractivity contribution in [1.82, 2.24) is 9.80 Å². The van der Waals surface area contributed by atoms with Gasteiger partial charge in [-0.05, 0) is 92.6 Å². The van der Waals surface area contributed by atoms with Crippen LogP contribution in [0.15, 0.2) is 78.9 Å². The Morgan fingerprint density at radius 1 is 0.811 bits per heavy atom. The van der Waals surface area contributed by atoms with Crippen molar-refractivity contribution >= 4 is 23.8 Å². The Labute approximate surface area is 305 Å². The first-order valence-corrected chi connectivity index (χ1v) is 17.1. The van der Waals surface area contributed by atoms with Crippen LogP contribution in [-0.4, -0.2) is 77.0 Å². The number of amides is 3. The Balaban J connectivity index is 1.26. The number of hydrogen-bond donors (Lipinski definition) is 2. The molecule has 0 bridgehead atoms. The summed E-state index contributed by atoms with van der Waals surface area (Å²) in [6.45, 7) is 6.57. The van der Waals surface area contributed by atoms with Crippen molar-refractivity contribution < 1.29 is 42.5 Å². The van der Waals surface area contributed by atoms with Crippen LogP contribution in [0.4, 0.5) is 24.1 Å². The van der Waals surface area contributed by atoms with Crippen LogP contribution >= 0.6 is 0 Å². The maximum atomic E-state index is 14.5. The van der Waals surface area contributed by atoms with E-state index in [-0.39, 0.29) is 30.3 Å². The lowest BCUT2D eigenvalue weighted by molar-refractivity contribution is 0.0275. The molecule has 2 atom stereocenters. The third kappa shape index (κ3) is 8.84. The summed E-state index contributed by atoms with van der Waals surface area (Å²) in [5, 5.41) is 21.8. The summed E-state index contributed by atoms with van der Waals surface area (Å²) < 4.78 is 46.4. The van der Waals surface area contributed by atoms with Gasteiger partial charge in [-0.25, -0.2) is 18.4 Å². The highest BCUT2D eigenvalue weighted by atomic mass is 19.2. The zero-order valence-electron chi connectivity index (χ0n) is 29.4. The average Bonchev–Trinajstić information content (AvgIpc) is 3.80. The van der Waals surface area contributed by atoms with E-state index in [2.05, 4.69) is 11.4 Å². The van der Waals surface area contributed by atoms with Crippen molar-refractivity contribution in [2.24, 2.45) is 0 Å². The van der Waals surface area contributed by atoms with Gasteiger partial charge in [-0.15, -0.1) is 0 Å². The Morgan fingerprint density at radius 3 is 2.09 bits per heavy atom. The Hall–Kier alpha value is -6.16. The second-order valence-electron chi connectivity index (χ2n) is 13.9. The lowest BCUT2D eigenvalue weighted by Gasteiger charge is -2.24. The summed E-state index contributed by atoms with van der Waals surface area (Å²) in [7, 11) is 0. The minimum absolute atomic E-state index is 0.201. The summed E-state index contributed by atoms with van der Waals surface area (Å²) in [6.07, 6.45) is -1.26. The lowest BCUT2D eigenvalue weighted by Crippen LogP contribution is -2.36. The fourth-order valence-electron chi connectivity index (χ4n) is 6.23. The molecule has 4 aromatic rings. The van der Waals surface area contributed by atoms with Crippen LogP contribution in [-0.2, 0) is 4.74 Å². The fraction of sp³-hybridized carbons (Fsp3) is 0.300. The van der Waals surface area contributed by atoms with Crippen molar-refractivity contribution in [3.05, 3.63) is 102 Å². The van der Waals surface area contributed by atoms with Gasteiger partial charge < -0.3 is 34.4 Å². The van der Waals surface area contributed by atoms with E-state index in [0.717, 1.165) is 12.1 Å². The predicted octanol–water partition coefficient (Wildman–Crippen LogP) is 7.94. The minimum atomic E-state index is -1.07. The molecule has 13 heteroatoms. The molecular formula is C40H38F2N4O7. The number of carboxylic acid groups (broad SMARTS) is 1. The number of carbonyl (C=O) groups excluding carboxylic acids is 2. The molecule has 11 nitrogen and oxygen atoms in total. The maximum Gasteiger partial charge on any atom is 0.410 e. The molecule has 0 spiro atoms. The van der Waals surface area contributed by atoms with Crippen molar-refractivity contribution in [3.63, 3.8) is 0 Å². The van der Waals surface area contributed by atoms with E-state index in [9.17, 15) is 33.5 Å². The summed E-state index contributed by atoms with van der Waals surface area (Å²) in [5.74, 6) is -1.82. The monoisotopic (exact) mass is 724 g/mol. The van der Waals surface area contributed by atoms with E-state index >= 15 is 0 Å². The van der Waals surface area contributed by atoms with Crippen molar-refractivity contribution in [2.75, 3.05) is 31.5 Å². The number of nitrogens with one attached hydrogen (secondary N) is 1. The number of ether oxygens (including phenoxy) is 3. The highest BCUT2D eigenvalue weighted by Crippen LogP contribution is 2.37. The van der Waals surface area contributed by atoms with Crippen LogP contribution in [0, 0.1) is 23.0 Å². The van der Waals surface area contributed by atoms with Gasteiger partial charge in [-0.1, -0.05) is 18.2 Å². The van der Waals surface area contributed by atoms with Gasteiger partial charge in [0.1, 0.15) is 29.3 Å². The third-order valence-electron chi connectivity index (χ3n) is 8.81. The second kappa shape index (κ2) is 15.2. The molecule has 0 aromatic heterocycles. The standard InChI is InChI=1S/C40H38F2N4O7/c1-40(2,3)53-39(50)46-16-14-30(23-46)52-35-11-8-27(18-31(35)26-7-10-33(41)34(42)19-26)37(47)44-28-9-12-36(51-29-13-15-45(22-29)38(48)49)32(20-28)25-6-4-5-24(17-25)21-43/h4-12,17-20,29-30H,13-16,22-23H2,1-3H3,(H,44,47)(H,48,49). The van der Waals surface area contributed by atoms with Crippen LogP contribution in [0.1, 0.15) is 49.5 Å². The third-order valence-corrected chi connectivity index (χ3v) is 8.81. The fourth-order valence-corrected chi connectivity index (χ4v) is 6.23. The summed E-state index contributed by atoms with van der Waals surface area (Å²) in [5.41, 5.74) is 2.23. The quantitative estimate of drug-likeness (QED) is 0.187. The molecule has 2 heterocycles. The van der Waals surface area contributed by atoms with Gasteiger partial charge in [0.15, 0.2) is 11.6 Å². The number of rotatable bonds is 8. The first-order valence-electron chi connectivity index (χ1n) is 17.1. The Bertz CT molecular complexity index is 2090. The van der Waals surface area contributed by atoms with Crippen LogP contribution in [0.5, 0.6) is 11.5 Å². The molecule has 2 saturated heterocycles. The number of benzene rings is 4. The van der Waals surface area contributed by atoms with Crippen LogP contribution in [0.2, 0.25) is 0 Å². The highest BCUT2D eigenvalue weighted by molar-refractivity contribution is 6.05. The molecule has 3 amide bonds. The molecule has 0 radical (unpaired) electrons. The highest BCUT2D eigenvalue weighted by Gasteiger charge is 2.32. The second-order valence-corrected chi connectivity index (χ2v) is 13.9. The number of halogens is 2. The summed E-state index contributed by atoms with van der Waals surface area (Å²) in [4.78, 5) is 40.7. The van der Waals surface area contributed by atoms with Gasteiger partial charge in [0.05, 0.1) is 24.7 Å². The first-order chi connectivity index (χ1) is 25.3. The zero-order chi connectivity index (χ0) is 37.9. The zero-order valence-corrected chi connectivity index (χ0v) is 29.4. The van der Waals surface area contributed by atoms with E-state index in [1.807, 2.05) is 0 Å². The predicted molar refractivity (Wildman–Crippen MR) is 192 cm³/mol. The minimum Gasteiger partial charge on any atom is -0.488 e. The first kappa shape index (κ1) is 36.6. The van der Waals surface area contributed by atoms with Gasteiger partial charge in [-0.3, -0.25) is 4.79 Å². The van der Waals surface area contributed by atoms with Crippen LogP contribution in [0.3, 0.4) is 0 Å². The van der Waals surface area contributed by atoms with E-state index in [4.69, 9.17) is 14.2 Å². The maximum absolute atomic E-state index is 14.5. The smallest absolute Gasteiger partial charge is 0.410 e. The normalized spacial score (nSPS) is 16.9. The van der Waals surface area contributed by atoms with Crippen molar-refractivity contribution in [2.45, 2.75) is 51.4 Å². The number of nitrogens with zero attached hydrogens (tertiary/aromatic N) is 3. The van der Waals surface area contributed by atoms with E-state index in [1.165, 1.54) is 17.0 Å². The van der Waals surface area contributed by atoms with Gasteiger partial charge >= 0.3 is 12.2 Å². The SMILES string of the molecule is CC(C)(C)OC(=O)N1CCC(Oc2ccc(C(=O)Nc3ccc(OC4CCN(C(=O)O)C4)c(-c4cccc(C#N)c4)c3)cc2-c2ccc(F)c(F)c2)C1. The molecule has 2 unspecified atom stereocenters. The number of anilines is 1. The molecule has 53 heavy (non-hydrogen) atoms. The van der Waals surface area contributed by atoms with E-state index < -0.39 is 41.4 Å². The molecule has 2 N–H and O–H groups in total. The molecule has 2 fully saturated rings. The molecule has 6 rings (SSSR count). The largest absolute Gasteiger partial charge is 0.488 e. The number of hydrogen-bond acceptors (Lipinski definition) is 7. The summed E-state index contributed by atoms with van der Waals surface area (Å²) >= 11 is 0. The topological polar surface area (TPSA) is 141 Å². The molecule has 0 saturated carbocycles. The molecule has 0 aliphatic carbocycles.